The molecule has 1 N–H and O–H groups in total. The van der Waals surface area contributed by atoms with Gasteiger partial charge in [-0.25, -0.2) is 8.42 Å². The summed E-state index contributed by atoms with van der Waals surface area (Å²) in [7, 11) is -2.18. The Morgan fingerprint density at radius 1 is 1.44 bits per heavy atom. The molecule has 0 fully saturated rings. The number of hydrogen-bond acceptors (Lipinski definition) is 5. The number of ether oxygens (including phenoxy) is 1. The van der Waals surface area contributed by atoms with Gasteiger partial charge >= 0.3 is 0 Å². The maximum atomic E-state index is 11.0. The number of nitrogens with zero attached hydrogens (tertiary/aromatic N) is 1. The Morgan fingerprint density at radius 3 is 2.50 bits per heavy atom. The summed E-state index contributed by atoms with van der Waals surface area (Å²) in [6, 6.07) is 3.85. The Morgan fingerprint density at radius 2 is 2.06 bits per heavy atom. The molecule has 0 aliphatic rings. The molecule has 0 amide bonds. The maximum absolute atomic E-state index is 11.0. The first-order valence-corrected chi connectivity index (χ1v) is 6.03. The van der Waals surface area contributed by atoms with Crippen molar-refractivity contribution in [2.45, 2.75) is 0 Å². The molecule has 0 unspecified atom stereocenters. The van der Waals surface area contributed by atoms with E-state index >= 15 is 0 Å². The second-order valence-corrected chi connectivity index (χ2v) is 4.76. The number of methoxy groups -OCH3 is 1. The molecule has 1 aromatic carbocycles. The molecule has 1 aromatic rings. The van der Waals surface area contributed by atoms with E-state index in [4.69, 9.17) is 4.74 Å². The van der Waals surface area contributed by atoms with Crippen molar-refractivity contribution in [2.75, 3.05) is 18.1 Å². The van der Waals surface area contributed by atoms with Gasteiger partial charge in [0.2, 0.25) is 10.0 Å². The van der Waals surface area contributed by atoms with Gasteiger partial charge in [-0.05, 0) is 12.1 Å². The van der Waals surface area contributed by atoms with Gasteiger partial charge in [-0.2, -0.15) is 0 Å². The van der Waals surface area contributed by atoms with E-state index in [2.05, 4.69) is 4.72 Å². The first kappa shape index (κ1) is 12.2. The average molecular weight is 246 g/mol. The molecule has 0 aliphatic heterocycles. The van der Waals surface area contributed by atoms with E-state index in [9.17, 15) is 18.5 Å². The van der Waals surface area contributed by atoms with Crippen LogP contribution in [0.25, 0.3) is 0 Å². The highest BCUT2D eigenvalue weighted by Gasteiger charge is 2.17. The number of rotatable bonds is 4. The lowest BCUT2D eigenvalue weighted by Crippen LogP contribution is -2.11. The quantitative estimate of drug-likeness (QED) is 0.630. The van der Waals surface area contributed by atoms with Gasteiger partial charge in [0, 0.05) is 0 Å². The zero-order chi connectivity index (χ0) is 12.3. The van der Waals surface area contributed by atoms with Gasteiger partial charge < -0.3 is 4.74 Å². The average Bonchev–Trinajstić information content (AvgIpc) is 2.15. The minimum atomic E-state index is -3.55. The third-order valence-electron chi connectivity index (χ3n) is 1.70. The first-order valence-electron chi connectivity index (χ1n) is 4.13. The fraction of sp³-hybridized carbons (Fsp3) is 0.250. The molecule has 16 heavy (non-hydrogen) atoms. The van der Waals surface area contributed by atoms with Crippen molar-refractivity contribution < 1.29 is 18.1 Å². The smallest absolute Gasteiger partial charge is 0.297 e. The minimum absolute atomic E-state index is 0.0895. The summed E-state index contributed by atoms with van der Waals surface area (Å²) in [5.74, 6) is 0.283. The molecule has 1 rings (SSSR count). The van der Waals surface area contributed by atoms with Crippen LogP contribution in [0, 0.1) is 10.1 Å². The van der Waals surface area contributed by atoms with Gasteiger partial charge in [0.25, 0.3) is 5.69 Å². The Kier molecular flexibility index (Phi) is 3.33. The van der Waals surface area contributed by atoms with Crippen molar-refractivity contribution in [2.24, 2.45) is 0 Å². The predicted molar refractivity (Wildman–Crippen MR) is 58.1 cm³/mol. The van der Waals surface area contributed by atoms with Crippen LogP contribution >= 0.6 is 0 Å². The highest BCUT2D eigenvalue weighted by molar-refractivity contribution is 7.92. The normalized spacial score (nSPS) is 10.9. The lowest BCUT2D eigenvalue weighted by Gasteiger charge is -2.06. The molecule has 0 heterocycles. The van der Waals surface area contributed by atoms with E-state index in [0.717, 1.165) is 12.3 Å². The van der Waals surface area contributed by atoms with Crippen LogP contribution < -0.4 is 9.46 Å². The highest BCUT2D eigenvalue weighted by Crippen LogP contribution is 2.29. The van der Waals surface area contributed by atoms with Crippen LogP contribution in [0.2, 0.25) is 0 Å². The summed E-state index contributed by atoms with van der Waals surface area (Å²) in [6.45, 7) is 0. The highest BCUT2D eigenvalue weighted by atomic mass is 32.2. The van der Waals surface area contributed by atoms with E-state index in [1.165, 1.54) is 19.2 Å². The topological polar surface area (TPSA) is 98.5 Å². The van der Waals surface area contributed by atoms with Crippen molar-refractivity contribution in [1.29, 1.82) is 0 Å². The van der Waals surface area contributed by atoms with Crippen LogP contribution in [0.15, 0.2) is 18.2 Å². The SMILES string of the molecule is COc1ccc(NS(C)(=O)=O)c([N+](=O)[O-])c1. The number of nitro benzene ring substituents is 1. The molecule has 0 atom stereocenters. The van der Waals surface area contributed by atoms with Crippen LogP contribution in [0.3, 0.4) is 0 Å². The molecule has 0 radical (unpaired) electrons. The van der Waals surface area contributed by atoms with Gasteiger partial charge in [-0.3, -0.25) is 14.8 Å². The summed E-state index contributed by atoms with van der Waals surface area (Å²) < 4.78 is 28.8. The van der Waals surface area contributed by atoms with Crippen molar-refractivity contribution in [1.82, 2.24) is 0 Å². The lowest BCUT2D eigenvalue weighted by molar-refractivity contribution is -0.384. The maximum Gasteiger partial charge on any atom is 0.297 e. The van der Waals surface area contributed by atoms with Gasteiger partial charge in [0.05, 0.1) is 24.4 Å². The summed E-state index contributed by atoms with van der Waals surface area (Å²) in [5, 5.41) is 10.7. The van der Waals surface area contributed by atoms with Crippen molar-refractivity contribution in [3.05, 3.63) is 28.3 Å². The molecule has 0 saturated carbocycles. The number of nitro groups is 1. The number of anilines is 1. The largest absolute Gasteiger partial charge is 0.496 e. The number of hydrogen-bond donors (Lipinski definition) is 1. The third kappa shape index (κ3) is 3.09. The summed E-state index contributed by atoms with van der Waals surface area (Å²) in [6.07, 6.45) is 0.918. The Labute approximate surface area is 92.2 Å². The molecule has 7 nitrogen and oxygen atoms in total. The molecule has 0 spiro atoms. The number of sulfonamides is 1. The van der Waals surface area contributed by atoms with Crippen molar-refractivity contribution in [3.8, 4) is 5.75 Å². The molecule has 0 aliphatic carbocycles. The lowest BCUT2D eigenvalue weighted by atomic mass is 10.2. The zero-order valence-corrected chi connectivity index (χ0v) is 9.45. The van der Waals surface area contributed by atoms with Crippen LogP contribution in [0.1, 0.15) is 0 Å². The van der Waals surface area contributed by atoms with Crippen molar-refractivity contribution in [3.63, 3.8) is 0 Å². The Hall–Kier alpha value is -1.83. The summed E-state index contributed by atoms with van der Waals surface area (Å²) in [5.41, 5.74) is -0.446. The van der Waals surface area contributed by atoms with E-state index in [0.29, 0.717) is 0 Å². The molecule has 0 aromatic heterocycles. The van der Waals surface area contributed by atoms with Crippen LogP contribution in [0.4, 0.5) is 11.4 Å². The van der Waals surface area contributed by atoms with E-state index in [1.807, 2.05) is 0 Å². The second kappa shape index (κ2) is 4.35. The fourth-order valence-corrected chi connectivity index (χ4v) is 1.65. The van der Waals surface area contributed by atoms with Gasteiger partial charge in [0.1, 0.15) is 11.4 Å². The fourth-order valence-electron chi connectivity index (χ4n) is 1.08. The summed E-state index contributed by atoms with van der Waals surface area (Å²) >= 11 is 0. The monoisotopic (exact) mass is 246 g/mol. The summed E-state index contributed by atoms with van der Waals surface area (Å²) in [4.78, 5) is 10.0. The van der Waals surface area contributed by atoms with Gasteiger partial charge in [-0.15, -0.1) is 0 Å². The third-order valence-corrected chi connectivity index (χ3v) is 2.29. The molecule has 0 bridgehead atoms. The second-order valence-electron chi connectivity index (χ2n) is 3.01. The van der Waals surface area contributed by atoms with Gasteiger partial charge in [-0.1, -0.05) is 0 Å². The number of nitrogens with one attached hydrogen (secondary N) is 1. The molecule has 88 valence electrons. The standard InChI is InChI=1S/C8H10N2O5S/c1-15-6-3-4-7(9-16(2,13)14)8(5-6)10(11)12/h3-5,9H,1-2H3. The minimum Gasteiger partial charge on any atom is -0.496 e. The Balaban J connectivity index is 3.23. The van der Waals surface area contributed by atoms with Crippen LogP contribution in [0.5, 0.6) is 5.75 Å². The van der Waals surface area contributed by atoms with E-state index in [-0.39, 0.29) is 17.1 Å². The predicted octanol–water partition coefficient (Wildman–Crippen LogP) is 0.975. The molecular formula is C8H10N2O5S. The zero-order valence-electron chi connectivity index (χ0n) is 8.63. The van der Waals surface area contributed by atoms with Crippen molar-refractivity contribution >= 4 is 21.4 Å². The van der Waals surface area contributed by atoms with E-state index in [1.54, 1.807) is 0 Å². The number of benzene rings is 1. The van der Waals surface area contributed by atoms with Crippen LogP contribution in [-0.2, 0) is 10.0 Å². The Bertz CT molecular complexity index is 511. The van der Waals surface area contributed by atoms with E-state index < -0.39 is 14.9 Å². The molecular weight excluding hydrogens is 236 g/mol. The molecule has 8 heteroatoms. The first-order chi connectivity index (χ1) is 7.33. The molecule has 0 saturated heterocycles. The van der Waals surface area contributed by atoms with Crippen LogP contribution in [-0.4, -0.2) is 26.7 Å². The van der Waals surface area contributed by atoms with Gasteiger partial charge in [0.15, 0.2) is 0 Å².